The van der Waals surface area contributed by atoms with Crippen molar-refractivity contribution in [3.05, 3.63) is 90.8 Å². The van der Waals surface area contributed by atoms with Gasteiger partial charge in [-0.1, -0.05) is 59.3 Å². The molecule has 1 unspecified atom stereocenters. The van der Waals surface area contributed by atoms with Crippen LogP contribution in [0.4, 0.5) is 4.39 Å². The molecule has 1 aliphatic rings. The highest BCUT2D eigenvalue weighted by Crippen LogP contribution is 2.43. The van der Waals surface area contributed by atoms with Crippen LogP contribution in [0.25, 0.3) is 0 Å². The van der Waals surface area contributed by atoms with Gasteiger partial charge < -0.3 is 0 Å². The molecule has 0 fully saturated rings. The zero-order valence-electron chi connectivity index (χ0n) is 15.6. The summed E-state index contributed by atoms with van der Waals surface area (Å²) in [6, 6.07) is 16.2. The topological polar surface area (TPSA) is 3.24 Å². The second kappa shape index (κ2) is 7.86. The molecule has 1 aliphatic heterocycles. The summed E-state index contributed by atoms with van der Waals surface area (Å²) in [7, 11) is 0. The minimum atomic E-state index is -0.140. The first-order valence-corrected chi connectivity index (χ1v) is 11.0. The Labute approximate surface area is 173 Å². The van der Waals surface area contributed by atoms with Crippen LogP contribution in [-0.4, -0.2) is 11.4 Å². The van der Waals surface area contributed by atoms with Gasteiger partial charge in [0, 0.05) is 32.9 Å². The molecule has 1 nitrogen and oxygen atoms in total. The van der Waals surface area contributed by atoms with Gasteiger partial charge in [0.2, 0.25) is 0 Å². The number of aryl methyl sites for hydroxylation is 1. The van der Waals surface area contributed by atoms with Crippen LogP contribution < -0.4 is 0 Å². The molecule has 1 atom stereocenters. The quantitative estimate of drug-likeness (QED) is 0.435. The fourth-order valence-corrected chi connectivity index (χ4v) is 5.99. The number of fused-ring (bicyclic) bond motifs is 1. The fourth-order valence-electron chi connectivity index (χ4n) is 4.19. The molecule has 0 N–H and O–H groups in total. The van der Waals surface area contributed by atoms with E-state index in [0.29, 0.717) is 6.54 Å². The average Bonchev–Trinajstić information content (AvgIpc) is 2.99. The van der Waals surface area contributed by atoms with Crippen molar-refractivity contribution in [1.82, 2.24) is 4.90 Å². The van der Waals surface area contributed by atoms with Crippen LogP contribution in [0, 0.1) is 12.7 Å². The lowest BCUT2D eigenvalue weighted by Crippen LogP contribution is -2.35. The van der Waals surface area contributed by atoms with Crippen molar-refractivity contribution < 1.29 is 4.39 Å². The fraction of sp³-hybridized carbons (Fsp3) is 0.304. The Balaban J connectivity index is 1.76. The van der Waals surface area contributed by atoms with Crippen molar-refractivity contribution in [1.29, 1.82) is 0 Å². The molecule has 4 rings (SSSR count). The lowest BCUT2D eigenvalue weighted by atomic mass is 9.91. The zero-order chi connectivity index (χ0) is 19.0. The van der Waals surface area contributed by atoms with Crippen molar-refractivity contribution in [3.63, 3.8) is 0 Å². The number of nitrogens with zero attached hydrogens (tertiary/aromatic N) is 1. The van der Waals surface area contributed by atoms with Crippen molar-refractivity contribution in [2.45, 2.75) is 39.3 Å². The van der Waals surface area contributed by atoms with E-state index < -0.39 is 0 Å². The molecule has 0 bridgehead atoms. The van der Waals surface area contributed by atoms with E-state index in [-0.39, 0.29) is 11.9 Å². The molecule has 0 saturated carbocycles. The van der Waals surface area contributed by atoms with Gasteiger partial charge in [-0.3, -0.25) is 4.90 Å². The predicted octanol–water partition coefficient (Wildman–Crippen LogP) is 6.67. The summed E-state index contributed by atoms with van der Waals surface area (Å²) in [4.78, 5) is 5.30. The van der Waals surface area contributed by atoms with Crippen molar-refractivity contribution in [3.8, 4) is 0 Å². The van der Waals surface area contributed by atoms with Crippen LogP contribution in [0.15, 0.2) is 53.0 Å². The Morgan fingerprint density at radius 3 is 2.67 bits per heavy atom. The van der Waals surface area contributed by atoms with Gasteiger partial charge in [0.25, 0.3) is 0 Å². The Morgan fingerprint density at radius 2 is 1.96 bits per heavy atom. The molecule has 2 aromatic carbocycles. The van der Waals surface area contributed by atoms with E-state index in [1.54, 1.807) is 6.07 Å². The standard InChI is InChI=1S/C23H23BrFNS/c1-3-19-15(2)27-23-20(19)11-12-26(22(23)16-7-5-4-6-8-16)14-17-9-10-18(24)13-21(17)25/h4-10,13,22H,3,11-12,14H2,1-2H3. The van der Waals surface area contributed by atoms with E-state index >= 15 is 0 Å². The molecule has 4 heteroatoms. The third-order valence-corrected chi connectivity index (χ3v) is 7.21. The Hall–Kier alpha value is -1.49. The summed E-state index contributed by atoms with van der Waals surface area (Å²) in [6.45, 7) is 6.06. The first-order chi connectivity index (χ1) is 13.1. The summed E-state index contributed by atoms with van der Waals surface area (Å²) in [5, 5.41) is 0. The predicted molar refractivity (Wildman–Crippen MR) is 115 cm³/mol. The minimum Gasteiger partial charge on any atom is -0.287 e. The summed E-state index contributed by atoms with van der Waals surface area (Å²) >= 11 is 5.28. The van der Waals surface area contributed by atoms with E-state index in [4.69, 9.17) is 0 Å². The van der Waals surface area contributed by atoms with E-state index in [1.807, 2.05) is 23.5 Å². The van der Waals surface area contributed by atoms with Gasteiger partial charge in [-0.15, -0.1) is 11.3 Å². The lowest BCUT2D eigenvalue weighted by molar-refractivity contribution is 0.205. The number of thiophene rings is 1. The van der Waals surface area contributed by atoms with Gasteiger partial charge in [0.15, 0.2) is 0 Å². The normalized spacial score (nSPS) is 17.1. The molecular weight excluding hydrogens is 421 g/mol. The summed E-state index contributed by atoms with van der Waals surface area (Å²) in [5.41, 5.74) is 5.10. The molecule has 140 valence electrons. The molecule has 0 radical (unpaired) electrons. The van der Waals surface area contributed by atoms with Gasteiger partial charge in [-0.2, -0.15) is 0 Å². The third-order valence-electron chi connectivity index (χ3n) is 5.47. The van der Waals surface area contributed by atoms with Crippen LogP contribution in [0.1, 0.15) is 45.0 Å². The van der Waals surface area contributed by atoms with E-state index in [9.17, 15) is 4.39 Å². The largest absolute Gasteiger partial charge is 0.287 e. The van der Waals surface area contributed by atoms with Crippen molar-refractivity contribution in [2.75, 3.05) is 6.54 Å². The number of hydrogen-bond acceptors (Lipinski definition) is 2. The monoisotopic (exact) mass is 443 g/mol. The maximum Gasteiger partial charge on any atom is 0.128 e. The number of hydrogen-bond donors (Lipinski definition) is 0. The highest BCUT2D eigenvalue weighted by Gasteiger charge is 2.32. The van der Waals surface area contributed by atoms with Crippen molar-refractivity contribution in [2.24, 2.45) is 0 Å². The molecule has 0 amide bonds. The highest BCUT2D eigenvalue weighted by molar-refractivity contribution is 9.10. The molecular formula is C23H23BrFNS. The van der Waals surface area contributed by atoms with E-state index in [2.05, 4.69) is 65.0 Å². The summed E-state index contributed by atoms with van der Waals surface area (Å²) in [5.74, 6) is -0.140. The summed E-state index contributed by atoms with van der Waals surface area (Å²) < 4.78 is 15.3. The summed E-state index contributed by atoms with van der Waals surface area (Å²) in [6.07, 6.45) is 2.13. The van der Waals surface area contributed by atoms with Crippen LogP contribution >= 0.6 is 27.3 Å². The average molecular weight is 444 g/mol. The van der Waals surface area contributed by atoms with Crippen LogP contribution in [-0.2, 0) is 19.4 Å². The number of rotatable bonds is 4. The third kappa shape index (κ3) is 3.63. The molecule has 0 spiro atoms. The maximum atomic E-state index is 14.5. The van der Waals surface area contributed by atoms with Crippen LogP contribution in [0.2, 0.25) is 0 Å². The molecule has 1 aromatic heterocycles. The molecule has 27 heavy (non-hydrogen) atoms. The molecule has 3 aromatic rings. The second-order valence-corrected chi connectivity index (χ2v) is 9.27. The Morgan fingerprint density at radius 1 is 1.19 bits per heavy atom. The number of halogens is 2. The second-order valence-electron chi connectivity index (χ2n) is 7.10. The first kappa shape index (κ1) is 18.9. The van der Waals surface area contributed by atoms with Crippen LogP contribution in [0.5, 0.6) is 0 Å². The van der Waals surface area contributed by atoms with E-state index in [1.165, 1.54) is 26.4 Å². The Kier molecular flexibility index (Phi) is 5.49. The Bertz CT molecular complexity index is 951. The maximum absolute atomic E-state index is 14.5. The van der Waals surface area contributed by atoms with Crippen LogP contribution in [0.3, 0.4) is 0 Å². The van der Waals surface area contributed by atoms with Gasteiger partial charge in [0.05, 0.1) is 6.04 Å². The molecule has 0 saturated heterocycles. The van der Waals surface area contributed by atoms with Gasteiger partial charge in [-0.05, 0) is 48.6 Å². The lowest BCUT2D eigenvalue weighted by Gasteiger charge is -2.36. The van der Waals surface area contributed by atoms with Crippen molar-refractivity contribution >= 4 is 27.3 Å². The van der Waals surface area contributed by atoms with Gasteiger partial charge in [0.1, 0.15) is 5.82 Å². The van der Waals surface area contributed by atoms with Gasteiger partial charge in [-0.25, -0.2) is 4.39 Å². The smallest absolute Gasteiger partial charge is 0.128 e. The van der Waals surface area contributed by atoms with E-state index in [0.717, 1.165) is 29.4 Å². The molecule has 0 aliphatic carbocycles. The zero-order valence-corrected chi connectivity index (χ0v) is 18.0. The SMILES string of the molecule is CCc1c(C)sc2c1CCN(Cc1ccc(Br)cc1F)C2c1ccccc1. The number of benzene rings is 2. The first-order valence-electron chi connectivity index (χ1n) is 9.42. The molecule has 2 heterocycles. The highest BCUT2D eigenvalue weighted by atomic mass is 79.9. The minimum absolute atomic E-state index is 0.140. The van der Waals surface area contributed by atoms with Gasteiger partial charge >= 0.3 is 0 Å².